The molecule has 2 aromatic rings. The van der Waals surface area contributed by atoms with Crippen molar-refractivity contribution in [2.24, 2.45) is 18.9 Å². The number of imidazole rings is 1. The Balaban J connectivity index is 1.50. The minimum absolute atomic E-state index is 0.107. The number of aromatic nitrogens is 2. The minimum atomic E-state index is 0.107. The monoisotopic (exact) mass is 358 g/mol. The number of nitrogens with one attached hydrogen (secondary N) is 2. The fraction of sp³-hybridized carbons (Fsp3) is 0.474. The number of piperidine rings is 1. The fourth-order valence-electron chi connectivity index (χ4n) is 3.25. The normalized spacial score (nSPS) is 16.6. The lowest BCUT2D eigenvalue weighted by Crippen LogP contribution is -2.32. The Morgan fingerprint density at radius 1 is 1.36 bits per heavy atom. The van der Waals surface area contributed by atoms with E-state index in [-0.39, 0.29) is 5.91 Å². The van der Waals surface area contributed by atoms with Crippen LogP contribution in [-0.2, 0) is 11.8 Å². The molecule has 1 amide bonds. The van der Waals surface area contributed by atoms with E-state index in [0.29, 0.717) is 18.3 Å². The molecule has 1 aromatic carbocycles. The Kier molecular flexibility index (Phi) is 6.15. The summed E-state index contributed by atoms with van der Waals surface area (Å²) in [5, 5.41) is 7.35. The number of hydrogen-bond acceptors (Lipinski definition) is 4. The lowest BCUT2D eigenvalue weighted by Gasteiger charge is -2.27. The van der Waals surface area contributed by atoms with Gasteiger partial charge in [-0.25, -0.2) is 4.98 Å². The second-order valence-electron chi connectivity index (χ2n) is 6.76. The van der Waals surface area contributed by atoms with Crippen LogP contribution in [0.15, 0.2) is 46.7 Å². The highest BCUT2D eigenvalue weighted by Gasteiger charge is 2.22. The van der Waals surface area contributed by atoms with Gasteiger partial charge in [0.25, 0.3) is 0 Å². The second-order valence-corrected chi connectivity index (χ2v) is 7.80. The Labute approximate surface area is 153 Å². The maximum Gasteiger partial charge on any atom is 0.224 e. The number of nitrogens with zero attached hydrogens (tertiary/aromatic N) is 2. The molecule has 1 unspecified atom stereocenters. The number of carbonyl (C=O) groups excluding carboxylic acids is 1. The topological polar surface area (TPSA) is 59.0 Å². The minimum Gasteiger partial charge on any atom is -0.329 e. The number of rotatable bonds is 6. The largest absolute Gasteiger partial charge is 0.329 e. The lowest BCUT2D eigenvalue weighted by molar-refractivity contribution is -0.117. The molecule has 1 aromatic heterocycles. The van der Waals surface area contributed by atoms with Gasteiger partial charge in [0.2, 0.25) is 5.91 Å². The van der Waals surface area contributed by atoms with Gasteiger partial charge in [0.05, 0.1) is 0 Å². The van der Waals surface area contributed by atoms with Crippen LogP contribution in [0.25, 0.3) is 0 Å². The van der Waals surface area contributed by atoms with Crippen molar-refractivity contribution < 1.29 is 4.79 Å². The highest BCUT2D eigenvalue weighted by atomic mass is 32.2. The van der Waals surface area contributed by atoms with Crippen LogP contribution in [0.1, 0.15) is 26.2 Å². The van der Waals surface area contributed by atoms with Crippen molar-refractivity contribution in [2.75, 3.05) is 18.4 Å². The van der Waals surface area contributed by atoms with E-state index in [2.05, 4.69) is 22.5 Å². The second kappa shape index (κ2) is 8.54. The zero-order chi connectivity index (χ0) is 17.6. The summed E-state index contributed by atoms with van der Waals surface area (Å²) in [5.74, 6) is 1.19. The summed E-state index contributed by atoms with van der Waals surface area (Å²) >= 11 is 1.61. The summed E-state index contributed by atoms with van der Waals surface area (Å²) in [7, 11) is 1.98. The molecule has 2 heterocycles. The molecule has 3 rings (SSSR count). The van der Waals surface area contributed by atoms with E-state index in [4.69, 9.17) is 0 Å². The van der Waals surface area contributed by atoms with Gasteiger partial charge >= 0.3 is 0 Å². The van der Waals surface area contributed by atoms with E-state index < -0.39 is 0 Å². The first-order valence-electron chi connectivity index (χ1n) is 8.87. The van der Waals surface area contributed by atoms with Gasteiger partial charge in [-0.2, -0.15) is 0 Å². The van der Waals surface area contributed by atoms with Gasteiger partial charge in [-0.3, -0.25) is 4.79 Å². The summed E-state index contributed by atoms with van der Waals surface area (Å²) in [4.78, 5) is 17.7. The molecule has 6 heteroatoms. The fourth-order valence-corrected chi connectivity index (χ4v) is 4.05. The maximum atomic E-state index is 12.3. The third-order valence-electron chi connectivity index (χ3n) is 4.82. The van der Waals surface area contributed by atoms with Crippen LogP contribution in [0.4, 0.5) is 5.69 Å². The van der Waals surface area contributed by atoms with E-state index in [0.717, 1.165) is 28.8 Å². The Morgan fingerprint density at radius 3 is 2.72 bits per heavy atom. The average molecular weight is 359 g/mol. The molecule has 0 aliphatic carbocycles. The van der Waals surface area contributed by atoms with Crippen molar-refractivity contribution in [1.29, 1.82) is 0 Å². The standard InChI is InChI=1S/C19H26N4OS/c1-14(15-7-9-20-10-8-15)13-18(24)22-16-3-5-17(6-4-16)25-19-21-11-12-23(19)2/h3-6,11-12,14-15,20H,7-10,13H2,1-2H3,(H,22,24). The third-order valence-corrected chi connectivity index (χ3v) is 5.90. The summed E-state index contributed by atoms with van der Waals surface area (Å²) in [6, 6.07) is 7.95. The molecule has 1 aliphatic heterocycles. The molecule has 1 saturated heterocycles. The number of amides is 1. The Bertz CT molecular complexity index is 692. The average Bonchev–Trinajstić information content (AvgIpc) is 3.02. The maximum absolute atomic E-state index is 12.3. The first kappa shape index (κ1) is 18.0. The van der Waals surface area contributed by atoms with Crippen molar-refractivity contribution >= 4 is 23.4 Å². The van der Waals surface area contributed by atoms with E-state index in [1.165, 1.54) is 12.8 Å². The highest BCUT2D eigenvalue weighted by Crippen LogP contribution is 2.27. The van der Waals surface area contributed by atoms with Crippen LogP contribution in [0.2, 0.25) is 0 Å². The molecular weight excluding hydrogens is 332 g/mol. The highest BCUT2D eigenvalue weighted by molar-refractivity contribution is 7.99. The van der Waals surface area contributed by atoms with Gasteiger partial charge in [0, 0.05) is 36.4 Å². The summed E-state index contributed by atoms with van der Waals surface area (Å²) < 4.78 is 1.99. The number of aryl methyl sites for hydroxylation is 1. The van der Waals surface area contributed by atoms with Crippen LogP contribution >= 0.6 is 11.8 Å². The SMILES string of the molecule is CC(CC(=O)Nc1ccc(Sc2nccn2C)cc1)C1CCNCC1. The number of anilines is 1. The van der Waals surface area contributed by atoms with Gasteiger partial charge in [0.15, 0.2) is 5.16 Å². The lowest BCUT2D eigenvalue weighted by atomic mass is 9.84. The zero-order valence-electron chi connectivity index (χ0n) is 14.9. The predicted octanol–water partition coefficient (Wildman–Crippen LogP) is 3.54. The first-order chi connectivity index (χ1) is 12.1. The van der Waals surface area contributed by atoms with E-state index in [1.54, 1.807) is 18.0 Å². The molecule has 25 heavy (non-hydrogen) atoms. The van der Waals surface area contributed by atoms with E-state index >= 15 is 0 Å². The van der Waals surface area contributed by atoms with Gasteiger partial charge < -0.3 is 15.2 Å². The van der Waals surface area contributed by atoms with Crippen LogP contribution in [0.3, 0.4) is 0 Å². The molecule has 1 aliphatic rings. The van der Waals surface area contributed by atoms with Crippen LogP contribution in [-0.4, -0.2) is 28.5 Å². The third kappa shape index (κ3) is 5.09. The molecule has 0 saturated carbocycles. The molecule has 134 valence electrons. The molecule has 0 spiro atoms. The molecule has 1 fully saturated rings. The van der Waals surface area contributed by atoms with Gasteiger partial charge in [-0.15, -0.1) is 0 Å². The molecule has 5 nitrogen and oxygen atoms in total. The predicted molar refractivity (Wildman–Crippen MR) is 102 cm³/mol. The van der Waals surface area contributed by atoms with E-state index in [9.17, 15) is 4.79 Å². The number of carbonyl (C=O) groups is 1. The van der Waals surface area contributed by atoms with Gasteiger partial charge in [-0.1, -0.05) is 18.7 Å². The smallest absolute Gasteiger partial charge is 0.224 e. The first-order valence-corrected chi connectivity index (χ1v) is 9.69. The summed E-state index contributed by atoms with van der Waals surface area (Å²) in [6.07, 6.45) is 6.66. The van der Waals surface area contributed by atoms with Crippen molar-refractivity contribution in [1.82, 2.24) is 14.9 Å². The molecule has 2 N–H and O–H groups in total. The van der Waals surface area contributed by atoms with Gasteiger partial charge in [-0.05, 0) is 62.0 Å². The van der Waals surface area contributed by atoms with E-state index in [1.807, 2.05) is 42.1 Å². The molecule has 0 bridgehead atoms. The quantitative estimate of drug-likeness (QED) is 0.829. The van der Waals surface area contributed by atoms with Crippen molar-refractivity contribution in [3.05, 3.63) is 36.7 Å². The van der Waals surface area contributed by atoms with Crippen molar-refractivity contribution in [3.8, 4) is 0 Å². The van der Waals surface area contributed by atoms with Crippen LogP contribution < -0.4 is 10.6 Å². The summed E-state index contributed by atoms with van der Waals surface area (Å²) in [6.45, 7) is 4.35. The zero-order valence-corrected chi connectivity index (χ0v) is 15.7. The van der Waals surface area contributed by atoms with Crippen LogP contribution in [0, 0.1) is 11.8 Å². The summed E-state index contributed by atoms with van der Waals surface area (Å²) in [5.41, 5.74) is 0.853. The van der Waals surface area contributed by atoms with Gasteiger partial charge in [0.1, 0.15) is 0 Å². The molecular formula is C19H26N4OS. The number of hydrogen-bond donors (Lipinski definition) is 2. The Hall–Kier alpha value is -1.79. The number of benzene rings is 1. The molecule has 0 radical (unpaired) electrons. The Morgan fingerprint density at radius 2 is 2.08 bits per heavy atom. The van der Waals surface area contributed by atoms with Crippen LogP contribution in [0.5, 0.6) is 0 Å². The van der Waals surface area contributed by atoms with Crippen molar-refractivity contribution in [2.45, 2.75) is 36.2 Å². The van der Waals surface area contributed by atoms with Crippen molar-refractivity contribution in [3.63, 3.8) is 0 Å². The molecule has 1 atom stereocenters.